The molecule has 2 rings (SSSR count). The molecule has 4 heteroatoms. The highest BCUT2D eigenvalue weighted by Crippen LogP contribution is 2.22. The van der Waals surface area contributed by atoms with E-state index in [1.165, 1.54) is 0 Å². The van der Waals surface area contributed by atoms with Crippen molar-refractivity contribution in [2.45, 2.75) is 13.3 Å². The standard InChI is InChI=1S/C14H21N3O/c1-10-6-12(17(2)3)4-5-13(10)16-14(18)7-11-8-15-9-11/h4-6,11,15H,7-9H2,1-3H3,(H,16,18). The number of hydrogen-bond donors (Lipinski definition) is 2. The van der Waals surface area contributed by atoms with Crippen LogP contribution in [0.15, 0.2) is 18.2 Å². The van der Waals surface area contributed by atoms with Crippen LogP contribution in [0.2, 0.25) is 0 Å². The van der Waals surface area contributed by atoms with Gasteiger partial charge in [-0.15, -0.1) is 0 Å². The van der Waals surface area contributed by atoms with Gasteiger partial charge in [-0.1, -0.05) is 0 Å². The van der Waals surface area contributed by atoms with Crippen LogP contribution in [0.3, 0.4) is 0 Å². The minimum atomic E-state index is 0.113. The van der Waals surface area contributed by atoms with Gasteiger partial charge in [0.1, 0.15) is 0 Å². The van der Waals surface area contributed by atoms with E-state index in [4.69, 9.17) is 0 Å². The fourth-order valence-corrected chi connectivity index (χ4v) is 2.02. The number of anilines is 2. The van der Waals surface area contributed by atoms with E-state index in [1.807, 2.05) is 33.2 Å². The molecule has 1 aromatic carbocycles. The van der Waals surface area contributed by atoms with Crippen molar-refractivity contribution in [1.82, 2.24) is 5.32 Å². The topological polar surface area (TPSA) is 44.4 Å². The number of rotatable bonds is 4. The zero-order valence-corrected chi connectivity index (χ0v) is 11.3. The van der Waals surface area contributed by atoms with Crippen LogP contribution in [0, 0.1) is 12.8 Å². The number of nitrogens with zero attached hydrogens (tertiary/aromatic N) is 1. The maximum Gasteiger partial charge on any atom is 0.224 e. The van der Waals surface area contributed by atoms with Crippen LogP contribution in [-0.4, -0.2) is 33.1 Å². The fraction of sp³-hybridized carbons (Fsp3) is 0.500. The van der Waals surface area contributed by atoms with Crippen LogP contribution in [0.1, 0.15) is 12.0 Å². The van der Waals surface area contributed by atoms with Gasteiger partial charge in [0.25, 0.3) is 0 Å². The molecule has 0 aromatic heterocycles. The summed E-state index contributed by atoms with van der Waals surface area (Å²) in [7, 11) is 4.02. The molecule has 4 nitrogen and oxygen atoms in total. The molecule has 1 aromatic rings. The molecule has 1 aliphatic rings. The first kappa shape index (κ1) is 12.9. The molecule has 0 bridgehead atoms. The molecule has 98 valence electrons. The Morgan fingerprint density at radius 1 is 1.44 bits per heavy atom. The molecule has 1 heterocycles. The van der Waals surface area contributed by atoms with E-state index >= 15 is 0 Å². The van der Waals surface area contributed by atoms with Crippen molar-refractivity contribution in [2.75, 3.05) is 37.4 Å². The molecule has 1 saturated heterocycles. The Morgan fingerprint density at radius 2 is 2.17 bits per heavy atom. The van der Waals surface area contributed by atoms with Crippen LogP contribution < -0.4 is 15.5 Å². The van der Waals surface area contributed by atoms with E-state index < -0.39 is 0 Å². The van der Waals surface area contributed by atoms with Crippen LogP contribution in [-0.2, 0) is 4.79 Å². The van der Waals surface area contributed by atoms with Crippen molar-refractivity contribution < 1.29 is 4.79 Å². The average Bonchev–Trinajstić information content (AvgIpc) is 2.26. The van der Waals surface area contributed by atoms with Crippen LogP contribution in [0.5, 0.6) is 0 Å². The summed E-state index contributed by atoms with van der Waals surface area (Å²) >= 11 is 0. The van der Waals surface area contributed by atoms with Crippen LogP contribution >= 0.6 is 0 Å². The van der Waals surface area contributed by atoms with E-state index in [0.29, 0.717) is 12.3 Å². The highest BCUT2D eigenvalue weighted by Gasteiger charge is 2.20. The van der Waals surface area contributed by atoms with Gasteiger partial charge in [-0.25, -0.2) is 0 Å². The number of carbonyl (C=O) groups is 1. The average molecular weight is 247 g/mol. The van der Waals surface area contributed by atoms with E-state index in [2.05, 4.69) is 21.6 Å². The minimum absolute atomic E-state index is 0.113. The SMILES string of the molecule is Cc1cc(N(C)C)ccc1NC(=O)CC1CNC1. The summed E-state index contributed by atoms with van der Waals surface area (Å²) in [5.74, 6) is 0.619. The monoisotopic (exact) mass is 247 g/mol. The molecule has 0 unspecified atom stereocenters. The fourth-order valence-electron chi connectivity index (χ4n) is 2.02. The quantitative estimate of drug-likeness (QED) is 0.849. The Kier molecular flexibility index (Phi) is 3.87. The van der Waals surface area contributed by atoms with Gasteiger partial charge in [0.05, 0.1) is 0 Å². The van der Waals surface area contributed by atoms with Crippen molar-refractivity contribution in [1.29, 1.82) is 0 Å². The molecule has 18 heavy (non-hydrogen) atoms. The number of benzene rings is 1. The van der Waals surface area contributed by atoms with E-state index in [9.17, 15) is 4.79 Å². The lowest BCUT2D eigenvalue weighted by Crippen LogP contribution is -2.43. The third-order valence-corrected chi connectivity index (χ3v) is 3.34. The maximum absolute atomic E-state index is 11.8. The van der Waals surface area contributed by atoms with Crippen LogP contribution in [0.25, 0.3) is 0 Å². The van der Waals surface area contributed by atoms with Crippen molar-refractivity contribution in [3.63, 3.8) is 0 Å². The number of amides is 1. The predicted octanol–water partition coefficient (Wildman–Crippen LogP) is 1.61. The third kappa shape index (κ3) is 3.01. The Morgan fingerprint density at radius 3 is 2.67 bits per heavy atom. The van der Waals surface area contributed by atoms with E-state index in [1.54, 1.807) is 0 Å². The van der Waals surface area contributed by atoms with Crippen molar-refractivity contribution >= 4 is 17.3 Å². The lowest BCUT2D eigenvalue weighted by atomic mass is 9.99. The van der Waals surface area contributed by atoms with Gasteiger partial charge in [0.2, 0.25) is 5.91 Å². The zero-order valence-electron chi connectivity index (χ0n) is 11.3. The highest BCUT2D eigenvalue weighted by molar-refractivity contribution is 5.92. The summed E-state index contributed by atoms with van der Waals surface area (Å²) in [6.07, 6.45) is 0.613. The molecule has 1 fully saturated rings. The first-order valence-corrected chi connectivity index (χ1v) is 6.35. The summed E-state index contributed by atoms with van der Waals surface area (Å²) in [4.78, 5) is 13.9. The van der Waals surface area contributed by atoms with Gasteiger partial charge in [-0.2, -0.15) is 0 Å². The smallest absolute Gasteiger partial charge is 0.224 e. The lowest BCUT2D eigenvalue weighted by molar-refractivity contribution is -0.117. The second-order valence-electron chi connectivity index (χ2n) is 5.17. The largest absolute Gasteiger partial charge is 0.378 e. The van der Waals surface area contributed by atoms with Crippen molar-refractivity contribution in [3.05, 3.63) is 23.8 Å². The second kappa shape index (κ2) is 5.40. The molecule has 0 radical (unpaired) electrons. The van der Waals surface area contributed by atoms with Gasteiger partial charge in [-0.3, -0.25) is 4.79 Å². The molecule has 1 aliphatic heterocycles. The van der Waals surface area contributed by atoms with Gasteiger partial charge < -0.3 is 15.5 Å². The van der Waals surface area contributed by atoms with E-state index in [-0.39, 0.29) is 5.91 Å². The summed E-state index contributed by atoms with van der Waals surface area (Å²) in [6, 6.07) is 6.08. The third-order valence-electron chi connectivity index (χ3n) is 3.34. The highest BCUT2D eigenvalue weighted by atomic mass is 16.1. The summed E-state index contributed by atoms with van der Waals surface area (Å²) in [5.41, 5.74) is 3.16. The second-order valence-corrected chi connectivity index (χ2v) is 5.17. The molecule has 0 atom stereocenters. The van der Waals surface area contributed by atoms with Crippen molar-refractivity contribution in [3.8, 4) is 0 Å². The number of hydrogen-bond acceptors (Lipinski definition) is 3. The molecule has 1 amide bonds. The molecule has 0 saturated carbocycles. The zero-order chi connectivity index (χ0) is 13.1. The molecular formula is C14H21N3O. The van der Waals surface area contributed by atoms with Gasteiger partial charge in [0.15, 0.2) is 0 Å². The molecule has 2 N–H and O–H groups in total. The van der Waals surface area contributed by atoms with Gasteiger partial charge in [-0.05, 0) is 49.7 Å². The summed E-state index contributed by atoms with van der Waals surface area (Å²) in [6.45, 7) is 3.95. The minimum Gasteiger partial charge on any atom is -0.378 e. The number of nitrogens with one attached hydrogen (secondary N) is 2. The van der Waals surface area contributed by atoms with Crippen molar-refractivity contribution in [2.24, 2.45) is 5.92 Å². The van der Waals surface area contributed by atoms with Gasteiger partial charge in [0, 0.05) is 31.9 Å². The Labute approximate surface area is 108 Å². The molecule has 0 aliphatic carbocycles. The predicted molar refractivity (Wildman–Crippen MR) is 75.1 cm³/mol. The summed E-state index contributed by atoms with van der Waals surface area (Å²) < 4.78 is 0. The maximum atomic E-state index is 11.8. The number of carbonyl (C=O) groups excluding carboxylic acids is 1. The first-order valence-electron chi connectivity index (χ1n) is 6.35. The van der Waals surface area contributed by atoms with E-state index in [0.717, 1.165) is 30.0 Å². The summed E-state index contributed by atoms with van der Waals surface area (Å²) in [5, 5.41) is 6.17. The Hall–Kier alpha value is -1.55. The Bertz CT molecular complexity index is 439. The van der Waals surface area contributed by atoms with Crippen LogP contribution in [0.4, 0.5) is 11.4 Å². The first-order chi connectivity index (χ1) is 8.56. The normalized spacial score (nSPS) is 15.1. The number of aryl methyl sites for hydroxylation is 1. The molecular weight excluding hydrogens is 226 g/mol. The Balaban J connectivity index is 1.97. The molecule has 0 spiro atoms. The van der Waals surface area contributed by atoms with Gasteiger partial charge >= 0.3 is 0 Å². The lowest BCUT2D eigenvalue weighted by Gasteiger charge is -2.26.